The summed E-state index contributed by atoms with van der Waals surface area (Å²) >= 11 is 0. The summed E-state index contributed by atoms with van der Waals surface area (Å²) in [6.45, 7) is 3.72. The lowest BCUT2D eigenvalue weighted by Gasteiger charge is -2.32. The molecule has 19 heavy (non-hydrogen) atoms. The molecule has 0 aliphatic carbocycles. The van der Waals surface area contributed by atoms with Crippen LogP contribution in [0.3, 0.4) is 0 Å². The van der Waals surface area contributed by atoms with Gasteiger partial charge in [0.1, 0.15) is 0 Å². The lowest BCUT2D eigenvalue weighted by molar-refractivity contribution is 0.0444. The van der Waals surface area contributed by atoms with E-state index in [-0.39, 0.29) is 0 Å². The number of nitrogens with zero attached hydrogens (tertiary/aromatic N) is 1. The van der Waals surface area contributed by atoms with Crippen molar-refractivity contribution in [1.82, 2.24) is 10.2 Å². The van der Waals surface area contributed by atoms with Crippen LogP contribution in [0, 0.1) is 0 Å². The maximum atomic E-state index is 5.87. The standard InChI is InChI=1S/C16H26N2O/c1-17-11-14-6-8-15(9-7-14)12-19-13-16-5-3-4-10-18(16)2/h6-9,16-17H,3-5,10-13H2,1-2H3. The first kappa shape index (κ1) is 14.5. The zero-order valence-electron chi connectivity index (χ0n) is 12.2. The molecule has 1 aliphatic rings. The molecule has 1 aromatic rings. The smallest absolute Gasteiger partial charge is 0.0717 e. The molecule has 2 rings (SSSR count). The Hall–Kier alpha value is -0.900. The minimum absolute atomic E-state index is 0.609. The van der Waals surface area contributed by atoms with E-state index in [1.165, 1.54) is 36.9 Å². The second kappa shape index (κ2) is 7.63. The molecule has 1 N–H and O–H groups in total. The third-order valence-corrected chi connectivity index (χ3v) is 3.90. The number of nitrogens with one attached hydrogen (secondary N) is 1. The molecule has 1 fully saturated rings. The van der Waals surface area contributed by atoms with Crippen molar-refractivity contribution >= 4 is 0 Å². The maximum absolute atomic E-state index is 5.87. The number of hydrogen-bond acceptors (Lipinski definition) is 3. The first-order valence-corrected chi connectivity index (χ1v) is 7.30. The highest BCUT2D eigenvalue weighted by Crippen LogP contribution is 2.15. The molecular weight excluding hydrogens is 236 g/mol. The van der Waals surface area contributed by atoms with Crippen molar-refractivity contribution in [3.8, 4) is 0 Å². The van der Waals surface area contributed by atoms with Crippen molar-refractivity contribution in [3.63, 3.8) is 0 Å². The monoisotopic (exact) mass is 262 g/mol. The largest absolute Gasteiger partial charge is 0.375 e. The second-order valence-corrected chi connectivity index (χ2v) is 5.49. The molecule has 1 heterocycles. The third kappa shape index (κ3) is 4.60. The predicted octanol–water partition coefficient (Wildman–Crippen LogP) is 2.41. The van der Waals surface area contributed by atoms with Crippen LogP contribution in [0.4, 0.5) is 0 Å². The van der Waals surface area contributed by atoms with Gasteiger partial charge in [-0.05, 0) is 44.6 Å². The topological polar surface area (TPSA) is 24.5 Å². The third-order valence-electron chi connectivity index (χ3n) is 3.90. The van der Waals surface area contributed by atoms with Crippen LogP contribution in [0.5, 0.6) is 0 Å². The van der Waals surface area contributed by atoms with Crippen molar-refractivity contribution in [3.05, 3.63) is 35.4 Å². The molecule has 1 aliphatic heterocycles. The van der Waals surface area contributed by atoms with E-state index in [2.05, 4.69) is 41.5 Å². The highest BCUT2D eigenvalue weighted by atomic mass is 16.5. The summed E-state index contributed by atoms with van der Waals surface area (Å²) in [4.78, 5) is 2.43. The Bertz CT molecular complexity index is 364. The molecule has 0 aromatic heterocycles. The summed E-state index contributed by atoms with van der Waals surface area (Å²) in [5, 5.41) is 3.16. The Morgan fingerprint density at radius 3 is 2.63 bits per heavy atom. The minimum atomic E-state index is 0.609. The first-order valence-electron chi connectivity index (χ1n) is 7.30. The second-order valence-electron chi connectivity index (χ2n) is 5.49. The molecular formula is C16H26N2O. The van der Waals surface area contributed by atoms with E-state index in [1.807, 2.05) is 7.05 Å². The lowest BCUT2D eigenvalue weighted by atomic mass is 10.0. The molecule has 1 atom stereocenters. The van der Waals surface area contributed by atoms with E-state index < -0.39 is 0 Å². The molecule has 1 aromatic carbocycles. The number of likely N-dealkylation sites (N-methyl/N-ethyl adjacent to an activating group) is 1. The molecule has 3 heteroatoms. The predicted molar refractivity (Wildman–Crippen MR) is 79.1 cm³/mol. The van der Waals surface area contributed by atoms with Crippen molar-refractivity contribution in [2.75, 3.05) is 27.2 Å². The molecule has 3 nitrogen and oxygen atoms in total. The molecule has 0 radical (unpaired) electrons. The quantitative estimate of drug-likeness (QED) is 0.852. The Morgan fingerprint density at radius 2 is 1.95 bits per heavy atom. The van der Waals surface area contributed by atoms with E-state index in [4.69, 9.17) is 4.74 Å². The molecule has 1 saturated heterocycles. The van der Waals surface area contributed by atoms with E-state index in [0.717, 1.165) is 19.8 Å². The fourth-order valence-electron chi connectivity index (χ4n) is 2.62. The summed E-state index contributed by atoms with van der Waals surface area (Å²) in [7, 11) is 4.18. The Morgan fingerprint density at radius 1 is 1.21 bits per heavy atom. The SMILES string of the molecule is CNCc1ccc(COCC2CCCCN2C)cc1. The van der Waals surface area contributed by atoms with Crippen molar-refractivity contribution in [1.29, 1.82) is 0 Å². The van der Waals surface area contributed by atoms with Gasteiger partial charge in [0.2, 0.25) is 0 Å². The molecule has 106 valence electrons. The fourth-order valence-corrected chi connectivity index (χ4v) is 2.62. The van der Waals surface area contributed by atoms with Crippen LogP contribution in [0.25, 0.3) is 0 Å². The van der Waals surface area contributed by atoms with Crippen LogP contribution in [-0.2, 0) is 17.9 Å². The molecule has 0 spiro atoms. The van der Waals surface area contributed by atoms with Gasteiger partial charge in [0.05, 0.1) is 13.2 Å². The van der Waals surface area contributed by atoms with Crippen LogP contribution in [0.2, 0.25) is 0 Å². The van der Waals surface area contributed by atoms with Crippen LogP contribution in [-0.4, -0.2) is 38.2 Å². The number of likely N-dealkylation sites (tertiary alicyclic amines) is 1. The number of piperidine rings is 1. The molecule has 0 bridgehead atoms. The average molecular weight is 262 g/mol. The number of ether oxygens (including phenoxy) is 1. The summed E-state index contributed by atoms with van der Waals surface area (Å²) in [6.07, 6.45) is 3.95. The van der Waals surface area contributed by atoms with Crippen molar-refractivity contribution in [2.45, 2.75) is 38.5 Å². The number of benzene rings is 1. The van der Waals surface area contributed by atoms with E-state index >= 15 is 0 Å². The van der Waals surface area contributed by atoms with Gasteiger partial charge >= 0.3 is 0 Å². The van der Waals surface area contributed by atoms with Crippen LogP contribution in [0.15, 0.2) is 24.3 Å². The number of hydrogen-bond donors (Lipinski definition) is 1. The number of rotatable bonds is 6. The summed E-state index contributed by atoms with van der Waals surface area (Å²) < 4.78 is 5.87. The Labute approximate surface area is 116 Å². The van der Waals surface area contributed by atoms with Gasteiger partial charge in [-0.2, -0.15) is 0 Å². The average Bonchev–Trinajstić information content (AvgIpc) is 2.43. The van der Waals surface area contributed by atoms with Crippen LogP contribution < -0.4 is 5.32 Å². The normalized spacial score (nSPS) is 20.6. The van der Waals surface area contributed by atoms with Gasteiger partial charge in [-0.3, -0.25) is 0 Å². The van der Waals surface area contributed by atoms with E-state index in [0.29, 0.717) is 6.04 Å². The highest BCUT2D eigenvalue weighted by Gasteiger charge is 2.18. The minimum Gasteiger partial charge on any atom is -0.375 e. The van der Waals surface area contributed by atoms with Gasteiger partial charge < -0.3 is 15.0 Å². The van der Waals surface area contributed by atoms with E-state index in [9.17, 15) is 0 Å². The van der Waals surface area contributed by atoms with Gasteiger partial charge in [-0.25, -0.2) is 0 Å². The summed E-state index contributed by atoms with van der Waals surface area (Å²) in [6, 6.07) is 9.27. The molecule has 1 unspecified atom stereocenters. The summed E-state index contributed by atoms with van der Waals surface area (Å²) in [5.74, 6) is 0. The molecule has 0 saturated carbocycles. The molecule has 0 amide bonds. The van der Waals surface area contributed by atoms with Gasteiger partial charge in [-0.15, -0.1) is 0 Å². The Kier molecular flexibility index (Phi) is 5.83. The van der Waals surface area contributed by atoms with Gasteiger partial charge in [0.25, 0.3) is 0 Å². The zero-order chi connectivity index (χ0) is 13.5. The Balaban J connectivity index is 1.72. The van der Waals surface area contributed by atoms with Crippen LogP contribution in [0.1, 0.15) is 30.4 Å². The van der Waals surface area contributed by atoms with Gasteiger partial charge in [0.15, 0.2) is 0 Å². The zero-order valence-corrected chi connectivity index (χ0v) is 12.2. The maximum Gasteiger partial charge on any atom is 0.0717 e. The lowest BCUT2D eigenvalue weighted by Crippen LogP contribution is -2.39. The van der Waals surface area contributed by atoms with Crippen LogP contribution >= 0.6 is 0 Å². The van der Waals surface area contributed by atoms with E-state index in [1.54, 1.807) is 0 Å². The fraction of sp³-hybridized carbons (Fsp3) is 0.625. The van der Waals surface area contributed by atoms with Gasteiger partial charge in [0, 0.05) is 12.6 Å². The first-order chi connectivity index (χ1) is 9.29. The van der Waals surface area contributed by atoms with Gasteiger partial charge in [-0.1, -0.05) is 30.7 Å². The van der Waals surface area contributed by atoms with Crippen molar-refractivity contribution in [2.24, 2.45) is 0 Å². The summed E-state index contributed by atoms with van der Waals surface area (Å²) in [5.41, 5.74) is 2.58. The highest BCUT2D eigenvalue weighted by molar-refractivity contribution is 5.21. The van der Waals surface area contributed by atoms with Crippen molar-refractivity contribution < 1.29 is 4.74 Å².